The van der Waals surface area contributed by atoms with Crippen LogP contribution < -0.4 is 10.2 Å². The minimum atomic E-state index is 0.0850. The van der Waals surface area contributed by atoms with Crippen LogP contribution in [0, 0.1) is 6.92 Å². The number of amides is 1. The highest BCUT2D eigenvalue weighted by Gasteiger charge is 2.16. The summed E-state index contributed by atoms with van der Waals surface area (Å²) >= 11 is 1.74. The molecule has 1 amide bonds. The Labute approximate surface area is 155 Å². The number of rotatable bonds is 8. The zero-order valence-electron chi connectivity index (χ0n) is 15.6. The van der Waals surface area contributed by atoms with Crippen molar-refractivity contribution in [1.29, 1.82) is 0 Å². The van der Waals surface area contributed by atoms with Crippen LogP contribution in [0.15, 0.2) is 53.4 Å². The molecular formula is C21H29N2OS+. The van der Waals surface area contributed by atoms with Crippen molar-refractivity contribution >= 4 is 17.7 Å². The Morgan fingerprint density at radius 3 is 2.32 bits per heavy atom. The van der Waals surface area contributed by atoms with Gasteiger partial charge in [-0.25, -0.2) is 0 Å². The van der Waals surface area contributed by atoms with Crippen LogP contribution in [0.2, 0.25) is 0 Å². The average Bonchev–Trinajstić information content (AvgIpc) is 2.61. The van der Waals surface area contributed by atoms with E-state index in [1.165, 1.54) is 26.5 Å². The molecule has 0 radical (unpaired) electrons. The Bertz CT molecular complexity index is 667. The molecule has 0 aromatic heterocycles. The fraction of sp³-hybridized carbons (Fsp3) is 0.381. The van der Waals surface area contributed by atoms with Crippen molar-refractivity contribution in [2.75, 3.05) is 19.8 Å². The minimum absolute atomic E-state index is 0.0850. The number of aryl methyl sites for hydroxylation is 1. The third-order valence-corrected chi connectivity index (χ3v) is 5.09. The van der Waals surface area contributed by atoms with E-state index in [2.05, 4.69) is 81.0 Å². The van der Waals surface area contributed by atoms with Crippen LogP contribution in [-0.4, -0.2) is 25.8 Å². The first-order valence-corrected chi connectivity index (χ1v) is 10.0. The minimum Gasteiger partial charge on any atom is -0.344 e. The van der Waals surface area contributed by atoms with Crippen molar-refractivity contribution < 1.29 is 9.69 Å². The lowest BCUT2D eigenvalue weighted by atomic mass is 10.0. The van der Waals surface area contributed by atoms with Crippen molar-refractivity contribution in [3.8, 4) is 0 Å². The maximum absolute atomic E-state index is 12.4. The van der Waals surface area contributed by atoms with Crippen LogP contribution in [0.3, 0.4) is 0 Å². The van der Waals surface area contributed by atoms with Crippen molar-refractivity contribution in [3.05, 3.63) is 65.2 Å². The number of carbonyl (C=O) groups excluding carboxylic acids is 1. The molecule has 0 spiro atoms. The lowest BCUT2D eigenvalue weighted by Crippen LogP contribution is -3.08. The SMILES string of the molecule is CC[C@@H](NC(=O)C[NH+](C)Cc1ccc(SC)cc1)c1ccc(C)cc1. The standard InChI is InChI=1S/C21H28N2OS/c1-5-20(18-10-6-16(2)7-11-18)22-21(24)15-23(3)14-17-8-12-19(25-4)13-9-17/h6-13,20H,5,14-15H2,1-4H3,(H,22,24)/p+1/t20-/m1/s1. The maximum atomic E-state index is 12.4. The molecule has 0 heterocycles. The molecule has 0 saturated carbocycles. The molecule has 0 bridgehead atoms. The van der Waals surface area contributed by atoms with Gasteiger partial charge in [0.25, 0.3) is 5.91 Å². The quantitative estimate of drug-likeness (QED) is 0.712. The van der Waals surface area contributed by atoms with Gasteiger partial charge < -0.3 is 10.2 Å². The lowest BCUT2D eigenvalue weighted by Gasteiger charge is -2.19. The molecule has 0 aliphatic rings. The predicted octanol–water partition coefficient (Wildman–Crippen LogP) is 3.00. The highest BCUT2D eigenvalue weighted by Crippen LogP contribution is 2.17. The second kappa shape index (κ2) is 9.64. The monoisotopic (exact) mass is 357 g/mol. The van der Waals surface area contributed by atoms with Gasteiger partial charge in [0, 0.05) is 10.5 Å². The molecule has 2 N–H and O–H groups in total. The molecule has 134 valence electrons. The Kier molecular flexibility index (Phi) is 7.53. The molecule has 2 aromatic rings. The van der Waals surface area contributed by atoms with E-state index in [4.69, 9.17) is 0 Å². The highest BCUT2D eigenvalue weighted by atomic mass is 32.2. The molecule has 0 aliphatic heterocycles. The molecule has 2 rings (SSSR count). The first-order valence-electron chi connectivity index (χ1n) is 8.82. The Hall–Kier alpha value is -1.78. The van der Waals surface area contributed by atoms with Gasteiger partial charge in [0.2, 0.25) is 0 Å². The average molecular weight is 358 g/mol. The summed E-state index contributed by atoms with van der Waals surface area (Å²) in [5.74, 6) is 0.102. The van der Waals surface area contributed by atoms with E-state index in [0.29, 0.717) is 6.54 Å². The van der Waals surface area contributed by atoms with Crippen molar-refractivity contribution in [2.24, 2.45) is 0 Å². The first-order chi connectivity index (χ1) is 12.0. The van der Waals surface area contributed by atoms with E-state index in [9.17, 15) is 4.79 Å². The first kappa shape index (κ1) is 19.5. The smallest absolute Gasteiger partial charge is 0.275 e. The maximum Gasteiger partial charge on any atom is 0.275 e. The summed E-state index contributed by atoms with van der Waals surface area (Å²) in [6.07, 6.45) is 2.97. The Morgan fingerprint density at radius 1 is 1.12 bits per heavy atom. The Balaban J connectivity index is 1.87. The van der Waals surface area contributed by atoms with E-state index in [0.717, 1.165) is 13.0 Å². The third kappa shape index (κ3) is 6.22. The Morgan fingerprint density at radius 2 is 1.76 bits per heavy atom. The van der Waals surface area contributed by atoms with Gasteiger partial charge in [-0.1, -0.05) is 48.9 Å². The van der Waals surface area contributed by atoms with Crippen molar-refractivity contribution in [2.45, 2.75) is 37.8 Å². The summed E-state index contributed by atoms with van der Waals surface area (Å²) in [4.78, 5) is 14.9. The second-order valence-corrected chi connectivity index (χ2v) is 7.48. The summed E-state index contributed by atoms with van der Waals surface area (Å²) in [6.45, 7) is 5.51. The molecule has 25 heavy (non-hydrogen) atoms. The van der Waals surface area contributed by atoms with Gasteiger partial charge in [-0.15, -0.1) is 11.8 Å². The zero-order chi connectivity index (χ0) is 18.2. The van der Waals surface area contributed by atoms with Gasteiger partial charge >= 0.3 is 0 Å². The summed E-state index contributed by atoms with van der Waals surface area (Å²) in [6, 6.07) is 17.1. The van der Waals surface area contributed by atoms with E-state index in [1.54, 1.807) is 11.8 Å². The molecule has 2 atom stereocenters. The number of hydrogen-bond acceptors (Lipinski definition) is 2. The van der Waals surface area contributed by atoms with E-state index >= 15 is 0 Å². The number of carbonyl (C=O) groups is 1. The molecule has 4 heteroatoms. The molecule has 0 saturated heterocycles. The zero-order valence-corrected chi connectivity index (χ0v) is 16.5. The van der Waals surface area contributed by atoms with Gasteiger partial charge in [0.05, 0.1) is 13.1 Å². The van der Waals surface area contributed by atoms with Crippen molar-refractivity contribution in [1.82, 2.24) is 5.32 Å². The third-order valence-electron chi connectivity index (χ3n) is 4.35. The van der Waals surface area contributed by atoms with Crippen LogP contribution in [0.4, 0.5) is 0 Å². The van der Waals surface area contributed by atoms with Crippen LogP contribution >= 0.6 is 11.8 Å². The number of thioether (sulfide) groups is 1. The van der Waals surface area contributed by atoms with E-state index in [1.807, 2.05) is 0 Å². The largest absolute Gasteiger partial charge is 0.344 e. The van der Waals surface area contributed by atoms with Crippen molar-refractivity contribution in [3.63, 3.8) is 0 Å². The van der Waals surface area contributed by atoms with Crippen LogP contribution in [-0.2, 0) is 11.3 Å². The summed E-state index contributed by atoms with van der Waals surface area (Å²) in [5, 5.41) is 3.17. The fourth-order valence-electron chi connectivity index (χ4n) is 2.89. The van der Waals surface area contributed by atoms with Gasteiger partial charge in [0.15, 0.2) is 6.54 Å². The number of benzene rings is 2. The lowest BCUT2D eigenvalue weighted by molar-refractivity contribution is -0.885. The summed E-state index contributed by atoms with van der Waals surface area (Å²) in [7, 11) is 2.06. The molecule has 1 unspecified atom stereocenters. The van der Waals surface area contributed by atoms with Gasteiger partial charge in [-0.3, -0.25) is 4.79 Å². The summed E-state index contributed by atoms with van der Waals surface area (Å²) < 4.78 is 0. The predicted molar refractivity (Wildman–Crippen MR) is 106 cm³/mol. The number of hydrogen-bond donors (Lipinski definition) is 2. The van der Waals surface area contributed by atoms with E-state index < -0.39 is 0 Å². The summed E-state index contributed by atoms with van der Waals surface area (Å²) in [5.41, 5.74) is 3.67. The van der Waals surface area contributed by atoms with Crippen LogP contribution in [0.25, 0.3) is 0 Å². The van der Waals surface area contributed by atoms with Gasteiger partial charge in [-0.05, 0) is 37.3 Å². The molecule has 2 aromatic carbocycles. The molecule has 0 fully saturated rings. The van der Waals surface area contributed by atoms with Crippen LogP contribution in [0.5, 0.6) is 0 Å². The van der Waals surface area contributed by atoms with Gasteiger partial charge in [-0.2, -0.15) is 0 Å². The van der Waals surface area contributed by atoms with Crippen LogP contribution in [0.1, 0.15) is 36.1 Å². The molecule has 3 nitrogen and oxygen atoms in total. The van der Waals surface area contributed by atoms with Gasteiger partial charge in [0.1, 0.15) is 6.54 Å². The molecule has 0 aliphatic carbocycles. The van der Waals surface area contributed by atoms with E-state index in [-0.39, 0.29) is 11.9 Å². The normalized spacial score (nSPS) is 13.3. The number of nitrogens with one attached hydrogen (secondary N) is 2. The topological polar surface area (TPSA) is 33.5 Å². The fourth-order valence-corrected chi connectivity index (χ4v) is 3.30. The number of likely N-dealkylation sites (N-methyl/N-ethyl adjacent to an activating group) is 1. The number of quaternary nitrogens is 1. The second-order valence-electron chi connectivity index (χ2n) is 6.60. The molecular weight excluding hydrogens is 328 g/mol. The highest BCUT2D eigenvalue weighted by molar-refractivity contribution is 7.98.